The zero-order valence-corrected chi connectivity index (χ0v) is 13.0. The summed E-state index contributed by atoms with van der Waals surface area (Å²) >= 11 is 3.36. The number of pyridine rings is 1. The largest absolute Gasteiger partial charge is 0.293 e. The molecule has 0 aliphatic heterocycles. The van der Waals surface area contributed by atoms with Gasteiger partial charge in [0.1, 0.15) is 0 Å². The Morgan fingerprint density at radius 3 is 2.75 bits per heavy atom. The van der Waals surface area contributed by atoms with Gasteiger partial charge >= 0.3 is 0 Å². The van der Waals surface area contributed by atoms with E-state index in [0.29, 0.717) is 9.98 Å². The number of ketones is 1. The van der Waals surface area contributed by atoms with Crippen LogP contribution in [0.1, 0.15) is 10.4 Å². The van der Waals surface area contributed by atoms with Gasteiger partial charge in [-0.1, -0.05) is 12.1 Å². The van der Waals surface area contributed by atoms with E-state index < -0.39 is 16.6 Å². The third-order valence-corrected chi connectivity index (χ3v) is 4.37. The number of fused-ring (bicyclic) bond motifs is 1. The number of benzene rings is 1. The fourth-order valence-electron chi connectivity index (χ4n) is 1.65. The Morgan fingerprint density at radius 2 is 2.10 bits per heavy atom. The molecule has 2 rings (SSSR count). The van der Waals surface area contributed by atoms with E-state index in [1.165, 1.54) is 0 Å². The van der Waals surface area contributed by atoms with Crippen molar-refractivity contribution in [3.8, 4) is 0 Å². The first-order chi connectivity index (χ1) is 9.29. The van der Waals surface area contributed by atoms with Gasteiger partial charge < -0.3 is 0 Å². The first-order valence-corrected chi connectivity index (χ1v) is 8.22. The number of aromatic nitrogens is 1. The first kappa shape index (κ1) is 15.0. The number of carbonyl (C=O) groups is 1. The highest BCUT2D eigenvalue weighted by atomic mass is 79.9. The van der Waals surface area contributed by atoms with Crippen molar-refractivity contribution in [2.24, 2.45) is 5.84 Å². The average Bonchev–Trinajstić information content (AvgIpc) is 2.37. The molecule has 6 nitrogen and oxygen atoms in total. The lowest BCUT2D eigenvalue weighted by molar-refractivity contribution is 0.0967. The van der Waals surface area contributed by atoms with Crippen molar-refractivity contribution in [3.63, 3.8) is 0 Å². The number of carbonyl (C=O) groups excluding carboxylic acids is 1. The highest BCUT2D eigenvalue weighted by Gasteiger charge is 2.17. The normalized spacial score (nSPS) is 12.0. The summed E-state index contributed by atoms with van der Waals surface area (Å²) in [6, 6.07) is 5.05. The van der Waals surface area contributed by atoms with Gasteiger partial charge in [-0.2, -0.15) is 0 Å². The van der Waals surface area contributed by atoms with E-state index >= 15 is 0 Å². The lowest BCUT2D eigenvalue weighted by atomic mass is 10.1. The van der Waals surface area contributed by atoms with Gasteiger partial charge in [0.25, 0.3) is 0 Å². The molecule has 1 aromatic heterocycles. The van der Waals surface area contributed by atoms with Gasteiger partial charge in [0.2, 0.25) is 10.0 Å². The molecule has 1 aromatic carbocycles. The van der Waals surface area contributed by atoms with Crippen molar-refractivity contribution in [2.45, 2.75) is 0 Å². The highest BCUT2D eigenvalue weighted by molar-refractivity contribution is 9.10. The summed E-state index contributed by atoms with van der Waals surface area (Å²) in [6.45, 7) is -0.396. The van der Waals surface area contributed by atoms with Crippen LogP contribution >= 0.6 is 15.9 Å². The minimum atomic E-state index is -3.59. The Balaban J connectivity index is 2.34. The Bertz CT molecular complexity index is 777. The van der Waals surface area contributed by atoms with Crippen molar-refractivity contribution in [3.05, 3.63) is 40.6 Å². The van der Waals surface area contributed by atoms with E-state index in [1.807, 2.05) is 0 Å². The maximum absolute atomic E-state index is 12.0. The second kappa shape index (κ2) is 5.57. The van der Waals surface area contributed by atoms with Crippen molar-refractivity contribution >= 4 is 42.5 Å². The number of Topliss-reactive ketones (excluding diaryl/α,β-unsaturated/α-hetero) is 1. The molecule has 0 atom stereocenters. The Hall–Kier alpha value is -1.35. The van der Waals surface area contributed by atoms with Crippen molar-refractivity contribution in [2.75, 3.05) is 12.8 Å². The first-order valence-electron chi connectivity index (χ1n) is 5.58. The van der Waals surface area contributed by atoms with Gasteiger partial charge in [0.05, 0.1) is 12.8 Å². The fourth-order valence-corrected chi connectivity index (χ4v) is 2.47. The molecule has 0 amide bonds. The molecule has 20 heavy (non-hydrogen) atoms. The van der Waals surface area contributed by atoms with E-state index in [1.54, 1.807) is 30.6 Å². The smallest absolute Gasteiger partial charge is 0.224 e. The number of halogens is 1. The van der Waals surface area contributed by atoms with Crippen LogP contribution in [0.5, 0.6) is 0 Å². The van der Waals surface area contributed by atoms with Crippen LogP contribution in [0.2, 0.25) is 0 Å². The van der Waals surface area contributed by atoms with Crippen molar-refractivity contribution < 1.29 is 13.2 Å². The van der Waals surface area contributed by atoms with Crippen LogP contribution < -0.4 is 5.84 Å². The van der Waals surface area contributed by atoms with Crippen LogP contribution in [0.25, 0.3) is 10.8 Å². The number of hydrogen-bond acceptors (Lipinski definition) is 5. The van der Waals surface area contributed by atoms with Crippen molar-refractivity contribution in [1.29, 1.82) is 0 Å². The topological polar surface area (TPSA) is 93.4 Å². The highest BCUT2D eigenvalue weighted by Crippen LogP contribution is 2.23. The molecule has 2 N–H and O–H groups in total. The summed E-state index contributed by atoms with van der Waals surface area (Å²) in [7, 11) is -3.59. The van der Waals surface area contributed by atoms with Gasteiger partial charge in [-0.05, 0) is 27.4 Å². The number of rotatable bonds is 4. The predicted octanol–water partition coefficient (Wildman–Crippen LogP) is 1.32. The number of sulfonamides is 1. The van der Waals surface area contributed by atoms with Gasteiger partial charge in [-0.25, -0.2) is 8.42 Å². The molecule has 0 bridgehead atoms. The van der Waals surface area contributed by atoms with E-state index in [0.717, 1.165) is 21.5 Å². The molecular weight excluding hydrogens is 346 g/mol. The molecule has 2 aromatic rings. The zero-order chi connectivity index (χ0) is 14.9. The SMILES string of the molecule is CS(=O)(=O)N(N)CC(=O)c1ccc2cncc(Br)c2c1. The van der Waals surface area contributed by atoms with E-state index in [9.17, 15) is 13.2 Å². The third-order valence-electron chi connectivity index (χ3n) is 2.76. The van der Waals surface area contributed by atoms with E-state index in [4.69, 9.17) is 5.84 Å². The minimum Gasteiger partial charge on any atom is -0.293 e. The average molecular weight is 358 g/mol. The van der Waals surface area contributed by atoms with Crippen molar-refractivity contribution in [1.82, 2.24) is 9.40 Å². The Morgan fingerprint density at radius 1 is 1.40 bits per heavy atom. The van der Waals surface area contributed by atoms with E-state index in [2.05, 4.69) is 20.9 Å². The maximum Gasteiger partial charge on any atom is 0.224 e. The van der Waals surface area contributed by atoms with Crippen LogP contribution in [-0.2, 0) is 10.0 Å². The summed E-state index contributed by atoms with van der Waals surface area (Å²) in [4.78, 5) is 16.1. The molecule has 0 unspecified atom stereocenters. The maximum atomic E-state index is 12.0. The fraction of sp³-hybridized carbons (Fsp3) is 0.167. The summed E-state index contributed by atoms with van der Waals surface area (Å²) in [5, 5.41) is 1.71. The second-order valence-corrected chi connectivity index (χ2v) is 7.08. The van der Waals surface area contributed by atoms with E-state index in [-0.39, 0.29) is 5.78 Å². The molecule has 1 heterocycles. The minimum absolute atomic E-state index is 0.372. The molecule has 0 saturated carbocycles. The number of hydrazine groups is 1. The van der Waals surface area contributed by atoms with Gasteiger partial charge in [-0.3, -0.25) is 15.6 Å². The molecule has 0 saturated heterocycles. The van der Waals surface area contributed by atoms with Crippen LogP contribution in [0, 0.1) is 0 Å². The number of nitrogens with two attached hydrogens (primary N) is 1. The molecular formula is C12H12BrN3O3S. The van der Waals surface area contributed by atoms with Crippen LogP contribution in [0.15, 0.2) is 35.1 Å². The molecule has 0 spiro atoms. The lowest BCUT2D eigenvalue weighted by Gasteiger charge is -2.12. The summed E-state index contributed by atoms with van der Waals surface area (Å²) in [5.41, 5.74) is 0.392. The molecule has 0 radical (unpaired) electrons. The monoisotopic (exact) mass is 357 g/mol. The van der Waals surface area contributed by atoms with Gasteiger partial charge in [-0.15, -0.1) is 4.41 Å². The molecule has 0 fully saturated rings. The number of nitrogens with zero attached hydrogens (tertiary/aromatic N) is 2. The van der Waals surface area contributed by atoms with Crippen LogP contribution in [0.3, 0.4) is 0 Å². The van der Waals surface area contributed by atoms with Crippen LogP contribution in [-0.4, -0.2) is 36.4 Å². The Kier molecular flexibility index (Phi) is 4.19. The summed E-state index contributed by atoms with van der Waals surface area (Å²) in [6.07, 6.45) is 4.26. The second-order valence-electron chi connectivity index (χ2n) is 4.29. The molecule has 8 heteroatoms. The summed E-state index contributed by atoms with van der Waals surface area (Å²) < 4.78 is 23.7. The quantitative estimate of drug-likeness (QED) is 0.505. The molecule has 0 aliphatic rings. The van der Waals surface area contributed by atoms with Crippen LogP contribution in [0.4, 0.5) is 0 Å². The predicted molar refractivity (Wildman–Crippen MR) is 79.5 cm³/mol. The number of hydrogen-bond donors (Lipinski definition) is 1. The molecule has 0 aliphatic carbocycles. The zero-order valence-electron chi connectivity index (χ0n) is 10.6. The third kappa shape index (κ3) is 3.21. The standard InChI is InChI=1S/C12H12BrN3O3S/c1-20(18,19)16(14)7-12(17)8-2-3-9-5-15-6-11(13)10(9)4-8/h2-6H,7,14H2,1H3. The Labute approximate surface area is 124 Å². The lowest BCUT2D eigenvalue weighted by Crippen LogP contribution is -2.40. The van der Waals surface area contributed by atoms with Gasteiger partial charge in [0.15, 0.2) is 5.78 Å². The van der Waals surface area contributed by atoms with Gasteiger partial charge in [0, 0.05) is 27.8 Å². The molecule has 106 valence electrons. The summed E-state index contributed by atoms with van der Waals surface area (Å²) in [5.74, 6) is 4.97.